The van der Waals surface area contributed by atoms with Crippen molar-refractivity contribution in [2.45, 2.75) is 19.8 Å². The molecule has 0 bridgehead atoms. The number of halogens is 2. The van der Waals surface area contributed by atoms with Crippen LogP contribution in [0.4, 0.5) is 0 Å². The zero-order valence-electron chi connectivity index (χ0n) is 7.48. The van der Waals surface area contributed by atoms with E-state index in [-0.39, 0.29) is 0 Å². The summed E-state index contributed by atoms with van der Waals surface area (Å²) in [7, 11) is 0. The van der Waals surface area contributed by atoms with Crippen LogP contribution in [-0.4, -0.2) is 6.38 Å². The zero-order valence-corrected chi connectivity index (χ0v) is 8.99. The first kappa shape index (κ1) is 11.8. The predicted molar refractivity (Wildman–Crippen MR) is 57.2 cm³/mol. The molecule has 1 rings (SSSR count). The van der Waals surface area contributed by atoms with Gasteiger partial charge in [0.1, 0.15) is 0 Å². The van der Waals surface area contributed by atoms with Crippen LogP contribution in [0.1, 0.15) is 18.9 Å². The second-order valence-electron chi connectivity index (χ2n) is 2.38. The molecule has 0 aromatic heterocycles. The lowest BCUT2D eigenvalue weighted by Crippen LogP contribution is -1.80. The first-order valence-corrected chi connectivity index (χ1v) is 5.08. The topological polar surface area (TPSA) is 0 Å². The van der Waals surface area contributed by atoms with E-state index in [1.54, 1.807) is 0 Å². The lowest BCUT2D eigenvalue weighted by Gasteiger charge is -1.96. The number of hydrogen-bond donors (Lipinski definition) is 0. The predicted octanol–water partition coefficient (Wildman–Crippen LogP) is 4.15. The van der Waals surface area contributed by atoms with Crippen molar-refractivity contribution in [1.29, 1.82) is 0 Å². The maximum atomic E-state index is 5.71. The molecule has 0 nitrogen and oxygen atoms in total. The fourth-order valence-corrected chi connectivity index (χ4v) is 1.07. The minimum atomic E-state index is 0.819. The molecule has 0 aliphatic rings. The summed E-state index contributed by atoms with van der Waals surface area (Å²) < 4.78 is 0. The Hall–Kier alpha value is -0.200. The highest BCUT2D eigenvalue weighted by molar-refractivity contribution is 6.30. The van der Waals surface area contributed by atoms with Crippen molar-refractivity contribution >= 4 is 23.2 Å². The summed E-state index contributed by atoms with van der Waals surface area (Å²) in [6.45, 7) is 2.18. The molecule has 0 N–H and O–H groups in total. The van der Waals surface area contributed by atoms with Crippen molar-refractivity contribution in [3.8, 4) is 0 Å². The molecular formula is C10H14Cl2. The van der Waals surface area contributed by atoms with Gasteiger partial charge in [-0.3, -0.25) is 0 Å². The minimum Gasteiger partial charge on any atom is -0.130 e. The molecule has 0 radical (unpaired) electrons. The molecule has 0 heterocycles. The van der Waals surface area contributed by atoms with E-state index < -0.39 is 0 Å². The standard InChI is InChI=1S/C9H11Cl.CH3Cl/c1-2-3-8-4-6-9(10)7-5-8;1-2/h4-7H,2-3H2,1H3;1H3. The first-order valence-electron chi connectivity index (χ1n) is 3.95. The van der Waals surface area contributed by atoms with Gasteiger partial charge in [-0.25, -0.2) is 0 Å². The van der Waals surface area contributed by atoms with Gasteiger partial charge in [0, 0.05) is 11.4 Å². The number of rotatable bonds is 2. The van der Waals surface area contributed by atoms with E-state index in [4.69, 9.17) is 11.6 Å². The molecule has 2 heteroatoms. The molecule has 68 valence electrons. The van der Waals surface area contributed by atoms with Crippen molar-refractivity contribution in [2.24, 2.45) is 0 Å². The molecular weight excluding hydrogens is 191 g/mol. The van der Waals surface area contributed by atoms with Crippen molar-refractivity contribution in [3.63, 3.8) is 0 Å². The van der Waals surface area contributed by atoms with E-state index in [1.165, 1.54) is 18.4 Å². The number of alkyl halides is 1. The molecule has 0 atom stereocenters. The van der Waals surface area contributed by atoms with Crippen molar-refractivity contribution in [2.75, 3.05) is 6.38 Å². The largest absolute Gasteiger partial charge is 0.130 e. The highest BCUT2D eigenvalue weighted by atomic mass is 35.5. The normalized spacial score (nSPS) is 8.67. The molecule has 0 spiro atoms. The third-order valence-electron chi connectivity index (χ3n) is 1.45. The Morgan fingerprint density at radius 2 is 1.58 bits per heavy atom. The fourth-order valence-electron chi connectivity index (χ4n) is 0.940. The Bertz CT molecular complexity index is 191. The summed E-state index contributed by atoms with van der Waals surface area (Å²) in [4.78, 5) is 0. The Balaban J connectivity index is 0.000000561. The van der Waals surface area contributed by atoms with Gasteiger partial charge in [0.25, 0.3) is 0 Å². The van der Waals surface area contributed by atoms with Gasteiger partial charge in [0.15, 0.2) is 0 Å². The van der Waals surface area contributed by atoms with Crippen molar-refractivity contribution < 1.29 is 0 Å². The van der Waals surface area contributed by atoms with E-state index in [0.29, 0.717) is 0 Å². The zero-order chi connectivity index (χ0) is 9.40. The average molecular weight is 205 g/mol. The number of benzene rings is 1. The quantitative estimate of drug-likeness (QED) is 0.636. The van der Waals surface area contributed by atoms with Crippen LogP contribution in [-0.2, 0) is 6.42 Å². The lowest BCUT2D eigenvalue weighted by molar-refractivity contribution is 0.922. The van der Waals surface area contributed by atoms with Crippen LogP contribution in [0.25, 0.3) is 0 Å². The summed E-state index contributed by atoms with van der Waals surface area (Å²) in [6, 6.07) is 8.02. The molecule has 0 saturated carbocycles. The van der Waals surface area contributed by atoms with Crippen LogP contribution in [0.15, 0.2) is 24.3 Å². The lowest BCUT2D eigenvalue weighted by atomic mass is 10.1. The van der Waals surface area contributed by atoms with E-state index in [1.807, 2.05) is 12.1 Å². The van der Waals surface area contributed by atoms with Gasteiger partial charge in [-0.2, -0.15) is 0 Å². The highest BCUT2D eigenvalue weighted by Crippen LogP contribution is 2.10. The van der Waals surface area contributed by atoms with Gasteiger partial charge in [-0.1, -0.05) is 37.1 Å². The SMILES string of the molecule is CCCc1ccc(Cl)cc1.CCl. The molecule has 0 amide bonds. The Morgan fingerprint density at radius 3 is 2.00 bits per heavy atom. The van der Waals surface area contributed by atoms with Crippen LogP contribution in [0.2, 0.25) is 5.02 Å². The first-order chi connectivity index (χ1) is 5.83. The molecule has 1 aromatic rings. The second kappa shape index (κ2) is 7.45. The van der Waals surface area contributed by atoms with Crippen LogP contribution < -0.4 is 0 Å². The maximum Gasteiger partial charge on any atom is 0.0406 e. The smallest absolute Gasteiger partial charge is 0.0406 e. The molecule has 0 aliphatic carbocycles. The minimum absolute atomic E-state index is 0.819. The highest BCUT2D eigenvalue weighted by Gasteiger charge is 1.89. The average Bonchev–Trinajstić information content (AvgIpc) is 2.13. The van der Waals surface area contributed by atoms with Crippen LogP contribution in [0.3, 0.4) is 0 Å². The summed E-state index contributed by atoms with van der Waals surface area (Å²) in [5.41, 5.74) is 1.37. The van der Waals surface area contributed by atoms with E-state index in [9.17, 15) is 0 Å². The fraction of sp³-hybridized carbons (Fsp3) is 0.400. The van der Waals surface area contributed by atoms with Crippen molar-refractivity contribution in [1.82, 2.24) is 0 Å². The molecule has 0 fully saturated rings. The van der Waals surface area contributed by atoms with Gasteiger partial charge in [0.05, 0.1) is 0 Å². The van der Waals surface area contributed by atoms with E-state index in [2.05, 4.69) is 30.7 Å². The van der Waals surface area contributed by atoms with Gasteiger partial charge < -0.3 is 0 Å². The maximum absolute atomic E-state index is 5.71. The molecule has 0 unspecified atom stereocenters. The molecule has 1 aromatic carbocycles. The van der Waals surface area contributed by atoms with Crippen LogP contribution in [0.5, 0.6) is 0 Å². The summed E-state index contributed by atoms with van der Waals surface area (Å²) in [5, 5.41) is 0.819. The monoisotopic (exact) mass is 204 g/mol. The van der Waals surface area contributed by atoms with E-state index in [0.717, 1.165) is 11.4 Å². The van der Waals surface area contributed by atoms with Gasteiger partial charge >= 0.3 is 0 Å². The van der Waals surface area contributed by atoms with Gasteiger partial charge in [-0.05, 0) is 24.1 Å². The van der Waals surface area contributed by atoms with Crippen LogP contribution >= 0.6 is 23.2 Å². The molecule has 12 heavy (non-hydrogen) atoms. The third kappa shape index (κ3) is 4.63. The Labute approximate surface area is 84.5 Å². The van der Waals surface area contributed by atoms with Crippen molar-refractivity contribution in [3.05, 3.63) is 34.9 Å². The molecule has 0 aliphatic heterocycles. The molecule has 0 saturated heterocycles. The third-order valence-corrected chi connectivity index (χ3v) is 1.70. The summed E-state index contributed by atoms with van der Waals surface area (Å²) in [6.07, 6.45) is 3.82. The van der Waals surface area contributed by atoms with Crippen LogP contribution in [0, 0.1) is 0 Å². The number of hydrogen-bond acceptors (Lipinski definition) is 0. The summed E-state index contributed by atoms with van der Waals surface area (Å²) >= 11 is 10.4. The second-order valence-corrected chi connectivity index (χ2v) is 2.81. The Morgan fingerprint density at radius 1 is 1.08 bits per heavy atom. The van der Waals surface area contributed by atoms with Gasteiger partial charge in [0.2, 0.25) is 0 Å². The number of aryl methyl sites for hydroxylation is 1. The summed E-state index contributed by atoms with van der Waals surface area (Å²) in [5.74, 6) is 0. The van der Waals surface area contributed by atoms with E-state index >= 15 is 0 Å². The van der Waals surface area contributed by atoms with Gasteiger partial charge in [-0.15, -0.1) is 11.6 Å². The Kier molecular flexibility index (Phi) is 7.33.